The Morgan fingerprint density at radius 3 is 2.61 bits per heavy atom. The quantitative estimate of drug-likeness (QED) is 0.533. The highest BCUT2D eigenvalue weighted by atomic mass is 35.5. The van der Waals surface area contributed by atoms with E-state index in [-0.39, 0.29) is 50.0 Å². The summed E-state index contributed by atoms with van der Waals surface area (Å²) in [6, 6.07) is 9.98. The van der Waals surface area contributed by atoms with Crippen LogP contribution in [0.5, 0.6) is 0 Å². The molecule has 0 spiro atoms. The number of benzene rings is 2. The third kappa shape index (κ3) is 7.08. The predicted molar refractivity (Wildman–Crippen MR) is 134 cm³/mol. The number of hydrogen-bond acceptors (Lipinski definition) is 5. The van der Waals surface area contributed by atoms with Gasteiger partial charge in [-0.15, -0.1) is 0 Å². The largest absolute Gasteiger partial charge is 0.389 e. The van der Waals surface area contributed by atoms with Crippen molar-refractivity contribution in [2.45, 2.75) is 50.2 Å². The average molecular weight is 540 g/mol. The third-order valence-electron chi connectivity index (χ3n) is 6.23. The highest BCUT2D eigenvalue weighted by Crippen LogP contribution is 2.29. The van der Waals surface area contributed by atoms with Gasteiger partial charge in [-0.2, -0.15) is 0 Å². The Bertz CT molecular complexity index is 1070. The number of halogens is 3. The van der Waals surface area contributed by atoms with Crippen molar-refractivity contribution in [1.82, 2.24) is 10.2 Å². The molecular formula is C25H28Cl2FN3O5. The first-order valence-corrected chi connectivity index (χ1v) is 12.5. The lowest BCUT2D eigenvalue weighted by atomic mass is 9.95. The van der Waals surface area contributed by atoms with Gasteiger partial charge in [-0.3, -0.25) is 4.79 Å². The standard InChI is InChI=1S/C25H28Cl2FN3O5/c26-20-7-5-17(9-21(20)27)30-25(34)31-12-18(32)13-35-14-23-22(31)8-6-19(36-23)10-24(33)29-11-15-1-3-16(28)4-2-15/h1-5,7,9,18-19,22-23,32H,6,8,10-14H2,(H,29,33)(H,30,34)/t18-,19-,22+,23-/m0/s1. The number of fused-ring (bicyclic) bond motifs is 1. The molecule has 2 aromatic carbocycles. The van der Waals surface area contributed by atoms with Gasteiger partial charge in [-0.05, 0) is 48.7 Å². The van der Waals surface area contributed by atoms with Crippen LogP contribution in [0.2, 0.25) is 10.0 Å². The number of aliphatic hydroxyl groups is 1. The fourth-order valence-corrected chi connectivity index (χ4v) is 4.72. The van der Waals surface area contributed by atoms with Gasteiger partial charge in [0.15, 0.2) is 0 Å². The topological polar surface area (TPSA) is 100 Å². The summed E-state index contributed by atoms with van der Waals surface area (Å²) in [6.45, 7) is 0.611. The Balaban J connectivity index is 1.36. The van der Waals surface area contributed by atoms with Crippen molar-refractivity contribution in [3.63, 3.8) is 0 Å². The van der Waals surface area contributed by atoms with E-state index in [2.05, 4.69) is 10.6 Å². The number of amides is 3. The smallest absolute Gasteiger partial charge is 0.322 e. The van der Waals surface area contributed by atoms with Crippen molar-refractivity contribution in [1.29, 1.82) is 0 Å². The van der Waals surface area contributed by atoms with Gasteiger partial charge in [0, 0.05) is 12.2 Å². The SMILES string of the molecule is O=C(C[C@@H]1CC[C@@H]2[C@H](COC[C@@H](O)CN2C(=O)Nc2ccc(Cl)c(Cl)c2)O1)NCc1ccc(F)cc1. The van der Waals surface area contributed by atoms with Gasteiger partial charge in [0.05, 0.1) is 54.5 Å². The molecule has 2 aromatic rings. The van der Waals surface area contributed by atoms with E-state index >= 15 is 0 Å². The van der Waals surface area contributed by atoms with E-state index in [4.69, 9.17) is 32.7 Å². The summed E-state index contributed by atoms with van der Waals surface area (Å²) < 4.78 is 24.8. The first-order valence-electron chi connectivity index (χ1n) is 11.7. The molecule has 36 heavy (non-hydrogen) atoms. The maximum absolute atomic E-state index is 13.2. The molecule has 3 N–H and O–H groups in total. The van der Waals surface area contributed by atoms with Gasteiger partial charge in [-0.1, -0.05) is 35.3 Å². The van der Waals surface area contributed by atoms with Crippen LogP contribution in [-0.2, 0) is 20.8 Å². The lowest BCUT2D eigenvalue weighted by molar-refractivity contribution is -0.149. The summed E-state index contributed by atoms with van der Waals surface area (Å²) in [5.41, 5.74) is 1.27. The minimum absolute atomic E-state index is 0.0615. The summed E-state index contributed by atoms with van der Waals surface area (Å²) in [6.07, 6.45) is -0.361. The second kappa shape index (κ2) is 12.2. The summed E-state index contributed by atoms with van der Waals surface area (Å²) in [5.74, 6) is -0.511. The molecule has 2 aliphatic rings. The maximum atomic E-state index is 13.2. The number of nitrogens with zero attached hydrogens (tertiary/aromatic N) is 1. The van der Waals surface area contributed by atoms with E-state index in [0.29, 0.717) is 35.1 Å². The van der Waals surface area contributed by atoms with E-state index in [0.717, 1.165) is 5.56 Å². The minimum atomic E-state index is -0.847. The van der Waals surface area contributed by atoms with Crippen LogP contribution in [0.15, 0.2) is 42.5 Å². The Morgan fingerprint density at radius 2 is 1.86 bits per heavy atom. The summed E-state index contributed by atoms with van der Waals surface area (Å²) in [7, 11) is 0. The molecule has 2 fully saturated rings. The molecule has 3 amide bonds. The molecule has 11 heteroatoms. The van der Waals surface area contributed by atoms with Gasteiger partial charge in [0.25, 0.3) is 0 Å². The molecule has 8 nitrogen and oxygen atoms in total. The number of carbonyl (C=O) groups is 2. The molecule has 0 unspecified atom stereocenters. The Hall–Kier alpha value is -2.43. The van der Waals surface area contributed by atoms with Crippen LogP contribution >= 0.6 is 23.2 Å². The molecule has 4 rings (SSSR count). The second-order valence-corrected chi connectivity index (χ2v) is 9.77. The molecule has 2 heterocycles. The lowest BCUT2D eigenvalue weighted by Crippen LogP contribution is -2.58. The van der Waals surface area contributed by atoms with E-state index in [9.17, 15) is 19.1 Å². The fourth-order valence-electron chi connectivity index (χ4n) is 4.43. The number of urea groups is 1. The molecule has 0 bridgehead atoms. The lowest BCUT2D eigenvalue weighted by Gasteiger charge is -2.44. The van der Waals surface area contributed by atoms with Gasteiger partial charge in [0.1, 0.15) is 11.9 Å². The van der Waals surface area contributed by atoms with Crippen molar-refractivity contribution in [3.05, 3.63) is 63.9 Å². The zero-order valence-corrected chi connectivity index (χ0v) is 21.0. The van der Waals surface area contributed by atoms with Crippen LogP contribution in [0.1, 0.15) is 24.8 Å². The van der Waals surface area contributed by atoms with Gasteiger partial charge in [0.2, 0.25) is 5.91 Å². The van der Waals surface area contributed by atoms with Crippen LogP contribution < -0.4 is 10.6 Å². The Morgan fingerprint density at radius 1 is 1.08 bits per heavy atom. The van der Waals surface area contributed by atoms with Gasteiger partial charge in [-0.25, -0.2) is 9.18 Å². The molecule has 0 radical (unpaired) electrons. The Labute approximate surface area is 218 Å². The van der Waals surface area contributed by atoms with Crippen molar-refractivity contribution < 1.29 is 28.6 Å². The van der Waals surface area contributed by atoms with Crippen LogP contribution in [0.3, 0.4) is 0 Å². The molecule has 194 valence electrons. The number of anilines is 1. The van der Waals surface area contributed by atoms with E-state index in [1.807, 2.05) is 0 Å². The van der Waals surface area contributed by atoms with Crippen molar-refractivity contribution >= 4 is 40.8 Å². The monoisotopic (exact) mass is 539 g/mol. The number of rotatable bonds is 5. The first kappa shape index (κ1) is 26.6. The fraction of sp³-hybridized carbons (Fsp3) is 0.440. The highest BCUT2D eigenvalue weighted by Gasteiger charge is 2.40. The number of β-amino-alcohol motifs (C(OH)–C–C–N with tert-alkyl or cyclic N) is 1. The average Bonchev–Trinajstić information content (AvgIpc) is 2.84. The number of hydrogen-bond donors (Lipinski definition) is 3. The van der Waals surface area contributed by atoms with Gasteiger partial charge < -0.3 is 30.1 Å². The summed E-state index contributed by atoms with van der Waals surface area (Å²) >= 11 is 12.0. The summed E-state index contributed by atoms with van der Waals surface area (Å²) in [4.78, 5) is 27.2. The molecular weight excluding hydrogens is 512 g/mol. The Kier molecular flexibility index (Phi) is 9.03. The maximum Gasteiger partial charge on any atom is 0.322 e. The van der Waals surface area contributed by atoms with Crippen molar-refractivity contribution in [3.8, 4) is 0 Å². The zero-order valence-electron chi connectivity index (χ0n) is 19.5. The molecule has 0 aliphatic carbocycles. The third-order valence-corrected chi connectivity index (χ3v) is 6.97. The van der Waals surface area contributed by atoms with Crippen LogP contribution in [0.4, 0.5) is 14.9 Å². The minimum Gasteiger partial charge on any atom is -0.389 e. The number of ether oxygens (including phenoxy) is 2. The highest BCUT2D eigenvalue weighted by molar-refractivity contribution is 6.42. The molecule has 0 aromatic heterocycles. The van der Waals surface area contributed by atoms with Crippen molar-refractivity contribution in [2.24, 2.45) is 0 Å². The van der Waals surface area contributed by atoms with Crippen LogP contribution in [0, 0.1) is 5.82 Å². The van der Waals surface area contributed by atoms with Crippen molar-refractivity contribution in [2.75, 3.05) is 25.1 Å². The number of carbonyl (C=O) groups excluding carboxylic acids is 2. The van der Waals surface area contributed by atoms with E-state index < -0.39 is 18.2 Å². The molecule has 2 saturated heterocycles. The zero-order chi connectivity index (χ0) is 25.7. The molecule has 2 aliphatic heterocycles. The van der Waals surface area contributed by atoms with E-state index in [1.54, 1.807) is 35.2 Å². The van der Waals surface area contributed by atoms with Gasteiger partial charge >= 0.3 is 6.03 Å². The van der Waals surface area contributed by atoms with E-state index in [1.165, 1.54) is 12.1 Å². The number of aliphatic hydroxyl groups excluding tert-OH is 1. The molecule has 0 saturated carbocycles. The van der Waals surface area contributed by atoms with Crippen LogP contribution in [-0.4, -0.2) is 66.1 Å². The predicted octanol–water partition coefficient (Wildman–Crippen LogP) is 3.98. The number of nitrogens with one attached hydrogen (secondary N) is 2. The molecule has 4 atom stereocenters. The summed E-state index contributed by atoms with van der Waals surface area (Å²) in [5, 5.41) is 16.6. The second-order valence-electron chi connectivity index (χ2n) is 8.95. The first-order chi connectivity index (χ1) is 17.3. The normalized spacial score (nSPS) is 24.3. The van der Waals surface area contributed by atoms with Crippen LogP contribution in [0.25, 0.3) is 0 Å².